The maximum Gasteiger partial charge on any atom is 0.371 e. The molecule has 0 radical (unpaired) electrons. The Morgan fingerprint density at radius 1 is 0.800 bits per heavy atom. The maximum atomic E-state index is 11.0. The highest BCUT2D eigenvalue weighted by atomic mass is 16.4. The van der Waals surface area contributed by atoms with Crippen LogP contribution in [0.4, 0.5) is 0 Å². The Labute approximate surface area is 116 Å². The van der Waals surface area contributed by atoms with Gasteiger partial charge in [-0.2, -0.15) is 0 Å². The minimum Gasteiger partial charge on any atom is -0.501 e. The lowest BCUT2D eigenvalue weighted by atomic mass is 9.99. The molecule has 2 N–H and O–H groups in total. The molecule has 0 atom stereocenters. The van der Waals surface area contributed by atoms with Gasteiger partial charge in [0.1, 0.15) is 0 Å². The topological polar surface area (TPSA) is 57.5 Å². The number of aliphatic carboxylic acids is 1. The van der Waals surface area contributed by atoms with Crippen molar-refractivity contribution in [2.24, 2.45) is 0 Å². The Kier molecular flexibility index (Phi) is 2.88. The van der Waals surface area contributed by atoms with Crippen LogP contribution in [-0.4, -0.2) is 16.2 Å². The van der Waals surface area contributed by atoms with E-state index in [0.29, 0.717) is 5.57 Å². The van der Waals surface area contributed by atoms with E-state index in [9.17, 15) is 9.90 Å². The first-order valence-electron chi connectivity index (χ1n) is 6.22. The molecule has 3 heteroatoms. The molecule has 3 rings (SSSR count). The smallest absolute Gasteiger partial charge is 0.371 e. The van der Waals surface area contributed by atoms with Gasteiger partial charge in [0.25, 0.3) is 0 Å². The molecule has 98 valence electrons. The summed E-state index contributed by atoms with van der Waals surface area (Å²) in [5.41, 5.74) is 3.94. The minimum absolute atomic E-state index is 0.354. The van der Waals surface area contributed by atoms with Crippen molar-refractivity contribution in [1.82, 2.24) is 0 Å². The number of allylic oxidation sites excluding steroid dienone is 2. The summed E-state index contributed by atoms with van der Waals surface area (Å²) >= 11 is 0. The van der Waals surface area contributed by atoms with E-state index in [1.807, 2.05) is 54.6 Å². The van der Waals surface area contributed by atoms with E-state index in [0.717, 1.165) is 22.3 Å². The van der Waals surface area contributed by atoms with Crippen LogP contribution in [0.3, 0.4) is 0 Å². The largest absolute Gasteiger partial charge is 0.501 e. The average Bonchev–Trinajstić information content (AvgIpc) is 2.87. The third kappa shape index (κ3) is 1.89. The van der Waals surface area contributed by atoms with Crippen molar-refractivity contribution in [2.75, 3.05) is 0 Å². The third-order valence-corrected chi connectivity index (χ3v) is 3.34. The molecule has 0 heterocycles. The van der Waals surface area contributed by atoms with Crippen molar-refractivity contribution < 1.29 is 15.0 Å². The quantitative estimate of drug-likeness (QED) is 0.645. The van der Waals surface area contributed by atoms with E-state index in [-0.39, 0.29) is 0 Å². The number of carbonyl (C=O) groups is 1. The fourth-order valence-electron chi connectivity index (χ4n) is 2.42. The molecule has 0 fully saturated rings. The van der Waals surface area contributed by atoms with Gasteiger partial charge in [-0.15, -0.1) is 0 Å². The van der Waals surface area contributed by atoms with E-state index in [2.05, 4.69) is 0 Å². The van der Waals surface area contributed by atoms with Crippen LogP contribution in [0.15, 0.2) is 66.4 Å². The van der Waals surface area contributed by atoms with E-state index in [1.165, 1.54) is 0 Å². The van der Waals surface area contributed by atoms with Crippen molar-refractivity contribution in [3.05, 3.63) is 83.1 Å². The second kappa shape index (κ2) is 4.70. The SMILES string of the molecule is O=C(O)/C(O)=C1\C=C(c2ccccc2)c2ccccc21. The zero-order valence-electron chi connectivity index (χ0n) is 10.6. The summed E-state index contributed by atoms with van der Waals surface area (Å²) in [6.45, 7) is 0. The summed E-state index contributed by atoms with van der Waals surface area (Å²) in [6.07, 6.45) is 1.73. The van der Waals surface area contributed by atoms with Crippen LogP contribution >= 0.6 is 0 Å². The van der Waals surface area contributed by atoms with Crippen LogP contribution in [0, 0.1) is 0 Å². The van der Waals surface area contributed by atoms with Crippen molar-refractivity contribution in [1.29, 1.82) is 0 Å². The highest BCUT2D eigenvalue weighted by Gasteiger charge is 2.24. The zero-order chi connectivity index (χ0) is 14.1. The second-order valence-electron chi connectivity index (χ2n) is 4.54. The van der Waals surface area contributed by atoms with Gasteiger partial charge >= 0.3 is 5.97 Å². The first-order valence-corrected chi connectivity index (χ1v) is 6.22. The van der Waals surface area contributed by atoms with Gasteiger partial charge in [-0.1, -0.05) is 54.6 Å². The average molecular weight is 264 g/mol. The number of aliphatic hydroxyl groups is 1. The molecule has 0 spiro atoms. The lowest BCUT2D eigenvalue weighted by Gasteiger charge is -2.05. The number of carboxylic acid groups (broad SMARTS) is 1. The number of rotatable bonds is 2. The lowest BCUT2D eigenvalue weighted by Crippen LogP contribution is -2.01. The molecule has 1 aliphatic rings. The summed E-state index contributed by atoms with van der Waals surface area (Å²) in [4.78, 5) is 11.0. The molecule has 3 nitrogen and oxygen atoms in total. The second-order valence-corrected chi connectivity index (χ2v) is 4.54. The molecule has 1 aliphatic carbocycles. The van der Waals surface area contributed by atoms with Crippen LogP contribution in [0.2, 0.25) is 0 Å². The minimum atomic E-state index is -1.32. The summed E-state index contributed by atoms with van der Waals surface area (Å²) < 4.78 is 0. The Morgan fingerprint density at radius 3 is 2.05 bits per heavy atom. The molecular formula is C17H12O3. The molecule has 0 bridgehead atoms. The van der Waals surface area contributed by atoms with Gasteiger partial charge in [0.15, 0.2) is 0 Å². The molecule has 0 amide bonds. The Morgan fingerprint density at radius 2 is 1.40 bits per heavy atom. The fraction of sp³-hybridized carbons (Fsp3) is 0. The molecule has 0 saturated carbocycles. The van der Waals surface area contributed by atoms with E-state index in [4.69, 9.17) is 5.11 Å². The van der Waals surface area contributed by atoms with Gasteiger partial charge in [0.05, 0.1) is 0 Å². The van der Waals surface area contributed by atoms with Crippen molar-refractivity contribution in [3.63, 3.8) is 0 Å². The molecule has 2 aromatic carbocycles. The molecule has 0 saturated heterocycles. The highest BCUT2D eigenvalue weighted by Crippen LogP contribution is 2.39. The van der Waals surface area contributed by atoms with E-state index in [1.54, 1.807) is 6.08 Å². The monoisotopic (exact) mass is 264 g/mol. The van der Waals surface area contributed by atoms with Gasteiger partial charge in [-0.25, -0.2) is 4.79 Å². The van der Waals surface area contributed by atoms with Crippen molar-refractivity contribution in [2.45, 2.75) is 0 Å². The Balaban J connectivity index is 2.25. The molecule has 0 aromatic heterocycles. The molecule has 20 heavy (non-hydrogen) atoms. The van der Waals surface area contributed by atoms with Crippen molar-refractivity contribution in [3.8, 4) is 0 Å². The van der Waals surface area contributed by atoms with E-state index < -0.39 is 11.7 Å². The van der Waals surface area contributed by atoms with Crippen LogP contribution < -0.4 is 0 Å². The number of carboxylic acids is 1. The first kappa shape index (κ1) is 12.2. The number of benzene rings is 2. The van der Waals surface area contributed by atoms with Crippen LogP contribution in [0.1, 0.15) is 16.7 Å². The van der Waals surface area contributed by atoms with Gasteiger partial charge in [-0.05, 0) is 28.3 Å². The number of hydrogen-bond donors (Lipinski definition) is 2. The standard InChI is InChI=1S/C17H12O3/c18-16(17(19)20)15-10-14(11-6-2-1-3-7-11)12-8-4-5-9-13(12)15/h1-10,18H,(H,19,20)/b16-15-. The van der Waals surface area contributed by atoms with E-state index >= 15 is 0 Å². The van der Waals surface area contributed by atoms with Gasteiger partial charge in [0, 0.05) is 5.57 Å². The molecule has 0 aliphatic heterocycles. The number of hydrogen-bond acceptors (Lipinski definition) is 2. The van der Waals surface area contributed by atoms with Gasteiger partial charge < -0.3 is 10.2 Å². The maximum absolute atomic E-state index is 11.0. The summed E-state index contributed by atoms with van der Waals surface area (Å²) in [7, 11) is 0. The highest BCUT2D eigenvalue weighted by molar-refractivity contribution is 6.07. The number of fused-ring (bicyclic) bond motifs is 1. The number of aliphatic hydroxyl groups excluding tert-OH is 1. The van der Waals surface area contributed by atoms with Crippen LogP contribution in [0.5, 0.6) is 0 Å². The van der Waals surface area contributed by atoms with Crippen LogP contribution in [0.25, 0.3) is 11.1 Å². The molecule has 2 aromatic rings. The van der Waals surface area contributed by atoms with Crippen molar-refractivity contribution >= 4 is 17.1 Å². The predicted octanol–water partition coefficient (Wildman–Crippen LogP) is 3.49. The normalized spacial score (nSPS) is 15.5. The summed E-state index contributed by atoms with van der Waals surface area (Å²) in [6, 6.07) is 17.2. The van der Waals surface area contributed by atoms with Gasteiger partial charge in [-0.3, -0.25) is 0 Å². The zero-order valence-corrected chi connectivity index (χ0v) is 10.6. The summed E-state index contributed by atoms with van der Waals surface area (Å²) in [5.74, 6) is -1.94. The van der Waals surface area contributed by atoms with Crippen LogP contribution in [-0.2, 0) is 4.79 Å². The fourth-order valence-corrected chi connectivity index (χ4v) is 2.42. The third-order valence-electron chi connectivity index (χ3n) is 3.34. The molecular weight excluding hydrogens is 252 g/mol. The first-order chi connectivity index (χ1) is 9.68. The Hall–Kier alpha value is -2.81. The lowest BCUT2D eigenvalue weighted by molar-refractivity contribution is -0.135. The van der Waals surface area contributed by atoms with Gasteiger partial charge in [0.2, 0.25) is 5.76 Å². The Bertz CT molecular complexity index is 740. The summed E-state index contributed by atoms with van der Waals surface area (Å²) in [5, 5.41) is 18.8. The molecule has 0 unspecified atom stereocenters. The predicted molar refractivity (Wildman–Crippen MR) is 77.1 cm³/mol.